The first-order chi connectivity index (χ1) is 19.5. The van der Waals surface area contributed by atoms with Gasteiger partial charge in [-0.3, -0.25) is 9.59 Å². The van der Waals surface area contributed by atoms with Gasteiger partial charge < -0.3 is 10.2 Å². The molecule has 0 rings (SSSR count). The second kappa shape index (κ2) is 46.9. The Morgan fingerprint density at radius 3 is 0.595 bits per heavy atom. The second-order valence-electron chi connectivity index (χ2n) is 12.2. The summed E-state index contributed by atoms with van der Waals surface area (Å²) in [6, 6.07) is 0. The van der Waals surface area contributed by atoms with Crippen molar-refractivity contribution in [2.45, 2.75) is 219 Å². The first-order valence-electron chi connectivity index (χ1n) is 18.0. The molecule has 0 saturated heterocycles. The number of aliphatic carboxylic acids is 2. The molecule has 0 unspecified atom stereocenters. The van der Waals surface area contributed by atoms with Crippen LogP contribution in [0.15, 0.2) is 0 Å². The molecule has 0 aliphatic heterocycles. The van der Waals surface area contributed by atoms with Crippen LogP contribution in [0, 0.1) is 0 Å². The summed E-state index contributed by atoms with van der Waals surface area (Å²) in [6.07, 6.45) is 40.4. The normalized spacial score (nSPS) is 10.3. The van der Waals surface area contributed by atoms with E-state index in [1.807, 2.05) is 0 Å². The Morgan fingerprint density at radius 2 is 0.452 bits per heavy atom. The first-order valence-corrected chi connectivity index (χ1v) is 18.0. The van der Waals surface area contributed by atoms with Gasteiger partial charge in [0.25, 0.3) is 0 Å². The van der Waals surface area contributed by atoms with Crippen molar-refractivity contribution in [2.75, 3.05) is 0 Å². The minimum atomic E-state index is -0.653. The Bertz CT molecular complexity index is 459. The van der Waals surface area contributed by atoms with Gasteiger partial charge in [-0.2, -0.15) is 0 Å². The van der Waals surface area contributed by atoms with Crippen LogP contribution in [0.25, 0.3) is 0 Å². The van der Waals surface area contributed by atoms with E-state index in [1.54, 1.807) is 0 Å². The molecule has 0 aliphatic carbocycles. The number of unbranched alkanes of at least 4 members (excludes halogenated alkanes) is 28. The fraction of sp³-hybridized carbons (Fsp3) is 0.944. The Morgan fingerprint density at radius 1 is 0.310 bits per heavy atom. The summed E-state index contributed by atoms with van der Waals surface area (Å²) in [5.74, 6) is -1.31. The van der Waals surface area contributed by atoms with Gasteiger partial charge in [-0.1, -0.05) is 194 Å². The average Bonchev–Trinajstić information content (AvgIpc) is 2.93. The summed E-state index contributed by atoms with van der Waals surface area (Å²) in [5.41, 5.74) is 0. The van der Waals surface area contributed by atoms with Gasteiger partial charge in [0, 0.05) is 12.8 Å². The van der Waals surface area contributed by atoms with Gasteiger partial charge in [0.2, 0.25) is 0 Å². The van der Waals surface area contributed by atoms with Crippen LogP contribution in [0.5, 0.6) is 0 Å². The van der Waals surface area contributed by atoms with Crippen LogP contribution in [-0.2, 0) is 9.59 Å². The van der Waals surface area contributed by atoms with E-state index in [1.165, 1.54) is 167 Å². The van der Waals surface area contributed by atoms with E-state index >= 15 is 0 Å². The predicted octanol–water partition coefficient (Wildman–Crippen LogP) is 10.8. The Balaban J connectivity index is -0.000000328. The fourth-order valence-electron chi connectivity index (χ4n) is 5.30. The molecule has 0 heterocycles. The van der Waals surface area contributed by atoms with Crippen LogP contribution < -0.4 is 0 Å². The average molecular weight is 653 g/mol. The number of carboxylic acids is 2. The molecule has 0 fully saturated rings. The molecule has 0 radical (unpaired) electrons. The summed E-state index contributed by atoms with van der Waals surface area (Å²) in [5, 5.41) is 17.0. The van der Waals surface area contributed by atoms with Gasteiger partial charge in [-0.25, -0.2) is 0 Å². The van der Waals surface area contributed by atoms with Gasteiger partial charge in [-0.05, 0) is 12.8 Å². The molecule has 0 aromatic heterocycles. The van der Waals surface area contributed by atoms with E-state index in [0.717, 1.165) is 25.7 Å². The third-order valence-corrected chi connectivity index (χ3v) is 7.99. The summed E-state index contributed by atoms with van der Waals surface area (Å²) in [4.78, 5) is 20.7. The van der Waals surface area contributed by atoms with E-state index in [0.29, 0.717) is 12.8 Å². The zero-order chi connectivity index (χ0) is 29.8. The van der Waals surface area contributed by atoms with Gasteiger partial charge >= 0.3 is 87.4 Å². The molecule has 0 aromatic rings. The predicted molar refractivity (Wildman–Crippen MR) is 191 cm³/mol. The van der Waals surface area contributed by atoms with Crippen molar-refractivity contribution in [2.24, 2.45) is 0 Å². The molecule has 0 aromatic carbocycles. The minimum absolute atomic E-state index is 0. The molecule has 4 nitrogen and oxygen atoms in total. The molecule has 0 spiro atoms. The Labute approximate surface area is 323 Å². The van der Waals surface area contributed by atoms with Crippen molar-refractivity contribution in [1.29, 1.82) is 0 Å². The SMILES string of the molecule is CCCCCCCCCCCCCCCCCC(=O)O.CCCCCCCCCCCCCCCCCC(=O)O.[CaH2].[CaH2]. The van der Waals surface area contributed by atoms with Gasteiger partial charge in [0.15, 0.2) is 0 Å². The Hall–Kier alpha value is 1.46. The Kier molecular flexibility index (Phi) is 56.2. The molecule has 0 saturated carbocycles. The summed E-state index contributed by atoms with van der Waals surface area (Å²) in [7, 11) is 0. The summed E-state index contributed by atoms with van der Waals surface area (Å²) in [6.45, 7) is 4.54. The number of rotatable bonds is 32. The van der Waals surface area contributed by atoms with Crippen LogP contribution in [-0.4, -0.2) is 97.6 Å². The third-order valence-electron chi connectivity index (χ3n) is 7.99. The summed E-state index contributed by atoms with van der Waals surface area (Å²) >= 11 is 0. The molecule has 0 amide bonds. The van der Waals surface area contributed by atoms with E-state index in [-0.39, 0.29) is 75.5 Å². The van der Waals surface area contributed by atoms with Crippen LogP contribution in [0.1, 0.15) is 219 Å². The van der Waals surface area contributed by atoms with E-state index < -0.39 is 11.9 Å². The van der Waals surface area contributed by atoms with Gasteiger partial charge in [0.1, 0.15) is 0 Å². The molecular formula is C36H76Ca2O4. The zero-order valence-corrected chi connectivity index (χ0v) is 27.3. The monoisotopic (exact) mass is 652 g/mol. The van der Waals surface area contributed by atoms with Gasteiger partial charge in [-0.15, -0.1) is 0 Å². The van der Waals surface area contributed by atoms with Crippen molar-refractivity contribution in [3.05, 3.63) is 0 Å². The van der Waals surface area contributed by atoms with Crippen molar-refractivity contribution in [1.82, 2.24) is 0 Å². The molecule has 6 heteroatoms. The topological polar surface area (TPSA) is 74.6 Å². The molecule has 2 N–H and O–H groups in total. The molecule has 42 heavy (non-hydrogen) atoms. The van der Waals surface area contributed by atoms with E-state index in [2.05, 4.69) is 13.8 Å². The van der Waals surface area contributed by atoms with Crippen molar-refractivity contribution in [3.63, 3.8) is 0 Å². The molecular weight excluding hydrogens is 577 g/mol. The third kappa shape index (κ3) is 54.0. The molecule has 0 atom stereocenters. The van der Waals surface area contributed by atoms with Gasteiger partial charge in [0.05, 0.1) is 0 Å². The molecule has 0 aliphatic rings. The number of carboxylic acid groups (broad SMARTS) is 2. The van der Waals surface area contributed by atoms with Crippen LogP contribution >= 0.6 is 0 Å². The number of hydrogen-bond donors (Lipinski definition) is 2. The molecule has 0 bridgehead atoms. The standard InChI is InChI=1S/2C18H36O2.2Ca.4H/c2*1-2-3-4-5-6-7-8-9-10-11-12-13-14-15-16-17-18(19)20;;;;;;/h2*2-17H2,1H3,(H,19,20);;;;;;. The van der Waals surface area contributed by atoms with E-state index in [4.69, 9.17) is 10.2 Å². The van der Waals surface area contributed by atoms with Crippen molar-refractivity contribution >= 4 is 87.4 Å². The second-order valence-corrected chi connectivity index (χ2v) is 12.2. The first kappa shape index (κ1) is 50.3. The summed E-state index contributed by atoms with van der Waals surface area (Å²) < 4.78 is 0. The maximum atomic E-state index is 10.3. The van der Waals surface area contributed by atoms with Crippen LogP contribution in [0.2, 0.25) is 0 Å². The number of hydrogen-bond acceptors (Lipinski definition) is 2. The fourth-order valence-corrected chi connectivity index (χ4v) is 5.30. The molecule has 248 valence electrons. The zero-order valence-electron chi connectivity index (χ0n) is 27.3. The number of carbonyl (C=O) groups is 2. The van der Waals surface area contributed by atoms with Crippen LogP contribution in [0.4, 0.5) is 0 Å². The van der Waals surface area contributed by atoms with Crippen molar-refractivity contribution in [3.8, 4) is 0 Å². The quantitative estimate of drug-likeness (QED) is 0.0560. The van der Waals surface area contributed by atoms with Crippen molar-refractivity contribution < 1.29 is 19.8 Å². The maximum absolute atomic E-state index is 10.3. The van der Waals surface area contributed by atoms with E-state index in [9.17, 15) is 9.59 Å². The van der Waals surface area contributed by atoms with Crippen LogP contribution in [0.3, 0.4) is 0 Å².